The van der Waals surface area contributed by atoms with E-state index in [1.165, 1.54) is 7.11 Å². The Labute approximate surface area is 163 Å². The predicted molar refractivity (Wildman–Crippen MR) is 110 cm³/mol. The normalized spacial score (nSPS) is 17.1. The van der Waals surface area contributed by atoms with Crippen LogP contribution in [0.25, 0.3) is 11.1 Å². The highest BCUT2D eigenvalue weighted by atomic mass is 16.7. The van der Waals surface area contributed by atoms with E-state index in [4.69, 9.17) is 14.0 Å². The van der Waals surface area contributed by atoms with Crippen LogP contribution in [0.3, 0.4) is 0 Å². The van der Waals surface area contributed by atoms with Gasteiger partial charge in [0.05, 0.1) is 23.9 Å². The topological polar surface area (TPSA) is 44.8 Å². The van der Waals surface area contributed by atoms with Gasteiger partial charge < -0.3 is 14.0 Å². The molecule has 0 aliphatic carbocycles. The molecule has 0 unspecified atom stereocenters. The van der Waals surface area contributed by atoms with E-state index in [2.05, 4.69) is 0 Å². The molecule has 1 heterocycles. The summed E-state index contributed by atoms with van der Waals surface area (Å²) >= 11 is 0. The molecule has 0 saturated carbocycles. The Morgan fingerprint density at radius 1 is 0.815 bits per heavy atom. The van der Waals surface area contributed by atoms with Crippen molar-refractivity contribution in [3.05, 3.63) is 54.1 Å². The van der Waals surface area contributed by atoms with Crippen molar-refractivity contribution in [1.82, 2.24) is 0 Å². The van der Waals surface area contributed by atoms with Gasteiger partial charge in [-0.2, -0.15) is 0 Å². The second kappa shape index (κ2) is 8.28. The fraction of sp³-hybridized carbons (Fsp3) is 0.409. The van der Waals surface area contributed by atoms with Crippen molar-refractivity contribution in [2.75, 3.05) is 7.11 Å². The van der Waals surface area contributed by atoms with Gasteiger partial charge in [0.2, 0.25) is 0 Å². The van der Waals surface area contributed by atoms with E-state index in [1.807, 2.05) is 77.9 Å². The molecule has 0 radical (unpaired) electrons. The Morgan fingerprint density at radius 3 is 1.63 bits per heavy atom. The van der Waals surface area contributed by atoms with Gasteiger partial charge in [0, 0.05) is 0 Å². The summed E-state index contributed by atoms with van der Waals surface area (Å²) in [5.74, 6) is -0.331. The van der Waals surface area contributed by atoms with Gasteiger partial charge >= 0.3 is 13.1 Å². The molecule has 144 valence electrons. The van der Waals surface area contributed by atoms with Gasteiger partial charge in [0.1, 0.15) is 0 Å². The third-order valence-corrected chi connectivity index (χ3v) is 5.08. The standard InChI is InChI=1S/C20H23BO4.C2H6/c1-19(2)20(3,4)25-21(24-19)17-12-10-15(11-13-17)14-6-8-16(9-7-14)18(22)23-5;1-2/h6-13H,1-5H3;1-2H3. The zero-order valence-corrected chi connectivity index (χ0v) is 17.3. The van der Waals surface area contributed by atoms with Crippen LogP contribution >= 0.6 is 0 Å². The smallest absolute Gasteiger partial charge is 0.465 e. The predicted octanol–water partition coefficient (Wildman–Crippen LogP) is 4.47. The minimum absolute atomic E-state index is 0.331. The number of rotatable bonds is 3. The molecule has 0 atom stereocenters. The van der Waals surface area contributed by atoms with E-state index in [1.54, 1.807) is 12.1 Å². The van der Waals surface area contributed by atoms with Crippen molar-refractivity contribution in [3.63, 3.8) is 0 Å². The first-order valence-corrected chi connectivity index (χ1v) is 9.38. The van der Waals surface area contributed by atoms with Crippen molar-refractivity contribution in [2.24, 2.45) is 0 Å². The SMILES string of the molecule is CC.COC(=O)c1ccc(-c2ccc(B3OC(C)(C)C(C)(C)O3)cc2)cc1. The van der Waals surface area contributed by atoms with Crippen LogP contribution in [0.4, 0.5) is 0 Å². The molecule has 2 aromatic carbocycles. The lowest BCUT2D eigenvalue weighted by Crippen LogP contribution is -2.41. The van der Waals surface area contributed by atoms with E-state index >= 15 is 0 Å². The van der Waals surface area contributed by atoms with E-state index in [9.17, 15) is 4.79 Å². The van der Waals surface area contributed by atoms with E-state index in [0.29, 0.717) is 5.56 Å². The first-order valence-electron chi connectivity index (χ1n) is 9.38. The van der Waals surface area contributed by atoms with Crippen molar-refractivity contribution in [2.45, 2.75) is 52.7 Å². The van der Waals surface area contributed by atoms with Crippen LogP contribution in [-0.2, 0) is 14.0 Å². The van der Waals surface area contributed by atoms with Crippen LogP contribution in [0.5, 0.6) is 0 Å². The van der Waals surface area contributed by atoms with Crippen molar-refractivity contribution in [1.29, 1.82) is 0 Å². The summed E-state index contributed by atoms with van der Waals surface area (Å²) in [7, 11) is 1.02. The summed E-state index contributed by atoms with van der Waals surface area (Å²) in [6.07, 6.45) is 0. The maximum absolute atomic E-state index is 11.5. The van der Waals surface area contributed by atoms with Gasteiger partial charge in [0.15, 0.2) is 0 Å². The Morgan fingerprint density at radius 2 is 1.22 bits per heavy atom. The molecule has 2 aromatic rings. The van der Waals surface area contributed by atoms with Crippen LogP contribution in [0, 0.1) is 0 Å². The minimum Gasteiger partial charge on any atom is -0.465 e. The molecular formula is C22H29BO4. The molecule has 0 amide bonds. The number of hydrogen-bond donors (Lipinski definition) is 0. The average molecular weight is 368 g/mol. The van der Waals surface area contributed by atoms with E-state index < -0.39 is 0 Å². The first-order chi connectivity index (χ1) is 12.7. The molecule has 0 spiro atoms. The molecule has 1 saturated heterocycles. The lowest BCUT2D eigenvalue weighted by Gasteiger charge is -2.32. The van der Waals surface area contributed by atoms with Gasteiger partial charge in [0.25, 0.3) is 0 Å². The first kappa shape index (κ1) is 21.2. The quantitative estimate of drug-likeness (QED) is 0.593. The van der Waals surface area contributed by atoms with Gasteiger partial charge in [-0.1, -0.05) is 50.2 Å². The Kier molecular flexibility index (Phi) is 6.50. The van der Waals surface area contributed by atoms with Crippen molar-refractivity contribution >= 4 is 18.6 Å². The number of benzene rings is 2. The maximum Gasteiger partial charge on any atom is 0.494 e. The van der Waals surface area contributed by atoms with Gasteiger partial charge in [-0.25, -0.2) is 4.79 Å². The van der Waals surface area contributed by atoms with E-state index in [0.717, 1.165) is 16.6 Å². The second-order valence-corrected chi connectivity index (χ2v) is 7.28. The monoisotopic (exact) mass is 368 g/mol. The van der Waals surface area contributed by atoms with Gasteiger partial charge in [-0.05, 0) is 56.4 Å². The summed E-state index contributed by atoms with van der Waals surface area (Å²) in [5.41, 5.74) is 2.94. The van der Waals surface area contributed by atoms with Crippen molar-refractivity contribution in [3.8, 4) is 11.1 Å². The molecule has 3 rings (SSSR count). The summed E-state index contributed by atoms with van der Waals surface area (Å²) in [4.78, 5) is 11.5. The van der Waals surface area contributed by atoms with Crippen LogP contribution in [0.1, 0.15) is 51.9 Å². The van der Waals surface area contributed by atoms with Gasteiger partial charge in [-0.15, -0.1) is 0 Å². The summed E-state index contributed by atoms with van der Waals surface area (Å²) < 4.78 is 16.9. The second-order valence-electron chi connectivity index (χ2n) is 7.28. The highest BCUT2D eigenvalue weighted by Crippen LogP contribution is 2.36. The number of methoxy groups -OCH3 is 1. The molecule has 0 aromatic heterocycles. The van der Waals surface area contributed by atoms with Gasteiger partial charge in [-0.3, -0.25) is 0 Å². The largest absolute Gasteiger partial charge is 0.494 e. The fourth-order valence-electron chi connectivity index (χ4n) is 2.73. The molecule has 5 heteroatoms. The molecule has 27 heavy (non-hydrogen) atoms. The molecular weight excluding hydrogens is 339 g/mol. The number of carbonyl (C=O) groups excluding carboxylic acids is 1. The van der Waals surface area contributed by atoms with Crippen LogP contribution in [0.15, 0.2) is 48.5 Å². The summed E-state index contributed by atoms with van der Waals surface area (Å²) in [5, 5.41) is 0. The molecule has 4 nitrogen and oxygen atoms in total. The zero-order valence-electron chi connectivity index (χ0n) is 17.3. The molecule has 1 aliphatic heterocycles. The molecule has 1 fully saturated rings. The zero-order chi connectivity index (χ0) is 20.2. The molecule has 0 bridgehead atoms. The number of hydrogen-bond acceptors (Lipinski definition) is 4. The fourth-order valence-corrected chi connectivity index (χ4v) is 2.73. The van der Waals surface area contributed by atoms with Crippen molar-refractivity contribution < 1.29 is 18.8 Å². The number of ether oxygens (including phenoxy) is 1. The summed E-state index contributed by atoms with van der Waals surface area (Å²) in [6, 6.07) is 15.5. The number of carbonyl (C=O) groups is 1. The highest BCUT2D eigenvalue weighted by Gasteiger charge is 2.51. The Hall–Kier alpha value is -2.11. The molecule has 1 aliphatic rings. The minimum atomic E-state index is -0.360. The van der Waals surface area contributed by atoms with Crippen LogP contribution < -0.4 is 5.46 Å². The average Bonchev–Trinajstić information content (AvgIpc) is 2.90. The lowest BCUT2D eigenvalue weighted by atomic mass is 9.78. The van der Waals surface area contributed by atoms with Crippen LogP contribution in [-0.4, -0.2) is 31.4 Å². The Balaban J connectivity index is 0.00000126. The van der Waals surface area contributed by atoms with Crippen LogP contribution in [0.2, 0.25) is 0 Å². The summed E-state index contributed by atoms with van der Waals surface area (Å²) in [6.45, 7) is 12.2. The Bertz CT molecular complexity index is 748. The highest BCUT2D eigenvalue weighted by molar-refractivity contribution is 6.62. The lowest BCUT2D eigenvalue weighted by molar-refractivity contribution is 0.00578. The van der Waals surface area contributed by atoms with E-state index in [-0.39, 0.29) is 24.3 Å². The number of esters is 1. The third-order valence-electron chi connectivity index (χ3n) is 5.08. The third kappa shape index (κ3) is 4.42. The maximum atomic E-state index is 11.5. The molecule has 0 N–H and O–H groups in total.